The molecule has 0 aliphatic carbocycles. The number of benzene rings is 3. The van der Waals surface area contributed by atoms with Crippen molar-refractivity contribution in [2.75, 3.05) is 11.1 Å². The van der Waals surface area contributed by atoms with E-state index in [0.717, 1.165) is 27.6 Å². The Labute approximate surface area is 160 Å². The first-order valence-corrected chi connectivity index (χ1v) is 9.48. The molecule has 4 aromatic rings. The predicted octanol–water partition coefficient (Wildman–Crippen LogP) is 4.93. The normalized spacial score (nSPS) is 10.9. The molecule has 134 valence electrons. The minimum absolute atomic E-state index is 0.115. The van der Waals surface area contributed by atoms with Crippen molar-refractivity contribution in [2.24, 2.45) is 0 Å². The standard InChI is InChI=1S/C21H17N3O2S/c1-14-6-4-9-16(12-14)22-19(25)13-27-21-24-23-20(26-21)18-11-5-8-15-7-2-3-10-17(15)18/h2-12H,13H2,1H3,(H,22,25). The van der Waals surface area contributed by atoms with E-state index in [2.05, 4.69) is 15.5 Å². The van der Waals surface area contributed by atoms with Crippen molar-refractivity contribution in [1.82, 2.24) is 10.2 Å². The van der Waals surface area contributed by atoms with Gasteiger partial charge in [0.2, 0.25) is 11.8 Å². The molecule has 1 aromatic heterocycles. The maximum atomic E-state index is 12.1. The van der Waals surface area contributed by atoms with E-state index in [1.54, 1.807) is 0 Å². The first-order valence-electron chi connectivity index (χ1n) is 8.50. The average molecular weight is 375 g/mol. The van der Waals surface area contributed by atoms with Gasteiger partial charge in [-0.2, -0.15) is 0 Å². The molecule has 4 rings (SSSR count). The number of hydrogen-bond donors (Lipinski definition) is 1. The van der Waals surface area contributed by atoms with E-state index < -0.39 is 0 Å². The fraction of sp³-hybridized carbons (Fsp3) is 0.0952. The molecule has 0 fully saturated rings. The first kappa shape index (κ1) is 17.3. The molecule has 0 radical (unpaired) electrons. The minimum atomic E-state index is -0.115. The topological polar surface area (TPSA) is 68.0 Å². The van der Waals surface area contributed by atoms with Gasteiger partial charge >= 0.3 is 0 Å². The Balaban J connectivity index is 1.44. The lowest BCUT2D eigenvalue weighted by Crippen LogP contribution is -2.13. The molecule has 0 unspecified atom stereocenters. The molecule has 0 spiro atoms. The van der Waals surface area contributed by atoms with E-state index in [1.807, 2.05) is 73.7 Å². The van der Waals surface area contributed by atoms with Crippen LogP contribution in [-0.2, 0) is 4.79 Å². The van der Waals surface area contributed by atoms with Gasteiger partial charge in [-0.3, -0.25) is 4.79 Å². The molecule has 0 saturated heterocycles. The Morgan fingerprint density at radius 1 is 1.04 bits per heavy atom. The molecule has 6 heteroatoms. The van der Waals surface area contributed by atoms with Crippen LogP contribution in [0, 0.1) is 6.92 Å². The van der Waals surface area contributed by atoms with Crippen LogP contribution in [0.1, 0.15) is 5.56 Å². The van der Waals surface area contributed by atoms with Gasteiger partial charge in [0.15, 0.2) is 0 Å². The van der Waals surface area contributed by atoms with Crippen molar-refractivity contribution in [2.45, 2.75) is 12.1 Å². The highest BCUT2D eigenvalue weighted by atomic mass is 32.2. The van der Waals surface area contributed by atoms with Gasteiger partial charge in [-0.15, -0.1) is 10.2 Å². The number of anilines is 1. The molecule has 1 heterocycles. The lowest BCUT2D eigenvalue weighted by Gasteiger charge is -2.04. The fourth-order valence-corrected chi connectivity index (χ4v) is 3.40. The predicted molar refractivity (Wildman–Crippen MR) is 108 cm³/mol. The van der Waals surface area contributed by atoms with E-state index in [-0.39, 0.29) is 11.7 Å². The lowest BCUT2D eigenvalue weighted by molar-refractivity contribution is -0.113. The highest BCUT2D eigenvalue weighted by Crippen LogP contribution is 2.29. The van der Waals surface area contributed by atoms with Crippen LogP contribution < -0.4 is 5.32 Å². The maximum absolute atomic E-state index is 12.1. The minimum Gasteiger partial charge on any atom is -0.411 e. The summed E-state index contributed by atoms with van der Waals surface area (Å²) in [6.07, 6.45) is 0. The van der Waals surface area contributed by atoms with E-state index >= 15 is 0 Å². The highest BCUT2D eigenvalue weighted by molar-refractivity contribution is 7.99. The number of rotatable bonds is 5. The van der Waals surface area contributed by atoms with E-state index in [1.165, 1.54) is 11.8 Å². The summed E-state index contributed by atoms with van der Waals surface area (Å²) in [6, 6.07) is 21.7. The van der Waals surface area contributed by atoms with Gasteiger partial charge < -0.3 is 9.73 Å². The van der Waals surface area contributed by atoms with Crippen LogP contribution in [0.5, 0.6) is 0 Å². The van der Waals surface area contributed by atoms with E-state index in [4.69, 9.17) is 4.42 Å². The monoisotopic (exact) mass is 375 g/mol. The number of amides is 1. The largest absolute Gasteiger partial charge is 0.411 e. The Hall–Kier alpha value is -3.12. The Morgan fingerprint density at radius 2 is 1.85 bits per heavy atom. The van der Waals surface area contributed by atoms with Crippen LogP contribution in [-0.4, -0.2) is 21.9 Å². The molecule has 27 heavy (non-hydrogen) atoms. The molecule has 0 aliphatic rings. The molecule has 5 nitrogen and oxygen atoms in total. The third-order valence-electron chi connectivity index (χ3n) is 4.06. The lowest BCUT2D eigenvalue weighted by atomic mass is 10.0. The number of hydrogen-bond acceptors (Lipinski definition) is 5. The smallest absolute Gasteiger partial charge is 0.277 e. The number of aryl methyl sites for hydroxylation is 1. The Bertz CT molecular complexity index is 1100. The van der Waals surface area contributed by atoms with Crippen LogP contribution in [0.2, 0.25) is 0 Å². The molecule has 0 bridgehead atoms. The van der Waals surface area contributed by atoms with Crippen LogP contribution in [0.25, 0.3) is 22.2 Å². The van der Waals surface area contributed by atoms with Gasteiger partial charge in [-0.05, 0) is 41.5 Å². The highest BCUT2D eigenvalue weighted by Gasteiger charge is 2.13. The van der Waals surface area contributed by atoms with Crippen molar-refractivity contribution in [3.8, 4) is 11.5 Å². The average Bonchev–Trinajstić information content (AvgIpc) is 3.15. The third kappa shape index (κ3) is 4.01. The number of carbonyl (C=O) groups excluding carboxylic acids is 1. The molecule has 1 amide bonds. The summed E-state index contributed by atoms with van der Waals surface area (Å²) in [5.41, 5.74) is 2.76. The second-order valence-corrected chi connectivity index (χ2v) is 7.03. The van der Waals surface area contributed by atoms with Crippen molar-refractivity contribution in [3.05, 3.63) is 72.3 Å². The summed E-state index contributed by atoms with van der Waals surface area (Å²) in [5, 5.41) is 13.6. The second kappa shape index (κ2) is 7.63. The molecule has 0 aliphatic heterocycles. The zero-order valence-corrected chi connectivity index (χ0v) is 15.5. The summed E-state index contributed by atoms with van der Waals surface area (Å²) in [6.45, 7) is 1.98. The molecule has 0 atom stereocenters. The zero-order valence-electron chi connectivity index (χ0n) is 14.7. The SMILES string of the molecule is Cc1cccc(NC(=O)CSc2nnc(-c3cccc4ccccc34)o2)c1. The molecular formula is C21H17N3O2S. The van der Waals surface area contributed by atoms with Gasteiger partial charge in [-0.1, -0.05) is 60.3 Å². The number of nitrogens with zero attached hydrogens (tertiary/aromatic N) is 2. The molecule has 1 N–H and O–H groups in total. The van der Waals surface area contributed by atoms with Crippen molar-refractivity contribution in [3.63, 3.8) is 0 Å². The van der Waals surface area contributed by atoms with Gasteiger partial charge in [0, 0.05) is 11.3 Å². The van der Waals surface area contributed by atoms with E-state index in [9.17, 15) is 4.79 Å². The van der Waals surface area contributed by atoms with Crippen LogP contribution in [0.15, 0.2) is 76.4 Å². The molecule has 0 saturated carbocycles. The van der Waals surface area contributed by atoms with Crippen molar-refractivity contribution in [1.29, 1.82) is 0 Å². The quantitative estimate of drug-likeness (QED) is 0.501. The number of nitrogens with one attached hydrogen (secondary N) is 1. The first-order chi connectivity index (χ1) is 13.2. The number of carbonyl (C=O) groups is 1. The maximum Gasteiger partial charge on any atom is 0.277 e. The van der Waals surface area contributed by atoms with Crippen LogP contribution in [0.3, 0.4) is 0 Å². The number of aromatic nitrogens is 2. The van der Waals surface area contributed by atoms with Crippen molar-refractivity contribution >= 4 is 34.1 Å². The van der Waals surface area contributed by atoms with Gasteiger partial charge in [-0.25, -0.2) is 0 Å². The van der Waals surface area contributed by atoms with Gasteiger partial charge in [0.25, 0.3) is 5.22 Å². The number of fused-ring (bicyclic) bond motifs is 1. The van der Waals surface area contributed by atoms with Crippen LogP contribution in [0.4, 0.5) is 5.69 Å². The Kier molecular flexibility index (Phi) is 4.89. The summed E-state index contributed by atoms with van der Waals surface area (Å²) in [5.74, 6) is 0.536. The second-order valence-electron chi connectivity index (χ2n) is 6.11. The summed E-state index contributed by atoms with van der Waals surface area (Å²) < 4.78 is 5.76. The molecular weight excluding hydrogens is 358 g/mol. The summed E-state index contributed by atoms with van der Waals surface area (Å²) in [4.78, 5) is 12.1. The third-order valence-corrected chi connectivity index (χ3v) is 4.87. The fourth-order valence-electron chi connectivity index (χ4n) is 2.84. The van der Waals surface area contributed by atoms with Gasteiger partial charge in [0.1, 0.15) is 0 Å². The van der Waals surface area contributed by atoms with Crippen molar-refractivity contribution < 1.29 is 9.21 Å². The zero-order chi connectivity index (χ0) is 18.6. The molecule has 3 aromatic carbocycles. The van der Waals surface area contributed by atoms with Crippen LogP contribution >= 0.6 is 11.8 Å². The number of thioether (sulfide) groups is 1. The van der Waals surface area contributed by atoms with E-state index in [0.29, 0.717) is 11.1 Å². The summed E-state index contributed by atoms with van der Waals surface area (Å²) >= 11 is 1.22. The van der Waals surface area contributed by atoms with Gasteiger partial charge in [0.05, 0.1) is 5.75 Å². The Morgan fingerprint density at radius 3 is 2.74 bits per heavy atom. The summed E-state index contributed by atoms with van der Waals surface area (Å²) in [7, 11) is 0.